The van der Waals surface area contributed by atoms with Gasteiger partial charge in [0.05, 0.1) is 6.10 Å². The molecule has 1 saturated heterocycles. The molecule has 0 aromatic carbocycles. The Kier molecular flexibility index (Phi) is 3.54. The molecule has 1 radical (unpaired) electrons. The van der Waals surface area contributed by atoms with E-state index in [9.17, 15) is 4.79 Å². The fourth-order valence-electron chi connectivity index (χ4n) is 1.21. The van der Waals surface area contributed by atoms with Crippen LogP contribution in [0.25, 0.3) is 0 Å². The smallest absolute Gasteiger partial charge is 0.432 e. The predicted molar refractivity (Wildman–Crippen MR) is 48.0 cm³/mol. The van der Waals surface area contributed by atoms with Crippen molar-refractivity contribution < 1.29 is 14.3 Å². The molecular weight excluding hydrogens is 170 g/mol. The number of hydrogen-bond donors (Lipinski definition) is 0. The van der Waals surface area contributed by atoms with E-state index >= 15 is 0 Å². The van der Waals surface area contributed by atoms with Crippen LogP contribution in [0, 0.1) is 6.54 Å². The molecule has 0 amide bonds. The van der Waals surface area contributed by atoms with Gasteiger partial charge >= 0.3 is 6.16 Å². The molecule has 1 fully saturated rings. The number of hydrogen-bond acceptors (Lipinski definition) is 4. The lowest BCUT2D eigenvalue weighted by Crippen LogP contribution is -2.23. The van der Waals surface area contributed by atoms with Gasteiger partial charge in [-0.3, -0.25) is 4.90 Å². The molecule has 0 spiro atoms. The highest BCUT2D eigenvalue weighted by Crippen LogP contribution is 2.14. The third kappa shape index (κ3) is 3.63. The van der Waals surface area contributed by atoms with E-state index in [-0.39, 0.29) is 12.2 Å². The van der Waals surface area contributed by atoms with E-state index in [1.54, 1.807) is 13.8 Å². The predicted octanol–water partition coefficient (Wildman–Crippen LogP) is 1.41. The van der Waals surface area contributed by atoms with Gasteiger partial charge in [-0.25, -0.2) is 4.79 Å². The Morgan fingerprint density at radius 1 is 1.62 bits per heavy atom. The largest absolute Gasteiger partial charge is 0.508 e. The van der Waals surface area contributed by atoms with Gasteiger partial charge in [0, 0.05) is 19.5 Å². The van der Waals surface area contributed by atoms with Crippen molar-refractivity contribution in [3.63, 3.8) is 0 Å². The summed E-state index contributed by atoms with van der Waals surface area (Å²) >= 11 is 0. The minimum Gasteiger partial charge on any atom is -0.432 e. The first-order valence-electron chi connectivity index (χ1n) is 4.48. The van der Waals surface area contributed by atoms with Crippen LogP contribution in [0.1, 0.15) is 20.3 Å². The van der Waals surface area contributed by atoms with Crippen molar-refractivity contribution in [1.82, 2.24) is 4.90 Å². The van der Waals surface area contributed by atoms with Crippen molar-refractivity contribution >= 4 is 6.16 Å². The molecule has 1 aliphatic rings. The molecule has 1 heterocycles. The molecular formula is C9H16NO3. The van der Waals surface area contributed by atoms with Crippen molar-refractivity contribution in [2.24, 2.45) is 0 Å². The number of ether oxygens (including phenoxy) is 2. The maximum atomic E-state index is 11.0. The van der Waals surface area contributed by atoms with E-state index in [4.69, 9.17) is 9.47 Å². The molecule has 0 aromatic rings. The van der Waals surface area contributed by atoms with Gasteiger partial charge in [0.15, 0.2) is 0 Å². The summed E-state index contributed by atoms with van der Waals surface area (Å²) in [6.07, 6.45) is 0.0551. The van der Waals surface area contributed by atoms with E-state index in [0.29, 0.717) is 0 Å². The van der Waals surface area contributed by atoms with Gasteiger partial charge in [-0.2, -0.15) is 0 Å². The Bertz CT molecular complexity index is 182. The summed E-state index contributed by atoms with van der Waals surface area (Å²) < 4.78 is 9.91. The Hall–Kier alpha value is -0.770. The average molecular weight is 186 g/mol. The van der Waals surface area contributed by atoms with Crippen molar-refractivity contribution in [3.8, 4) is 0 Å². The standard InChI is InChI=1S/C9H16NO3/c1-7(2)12-9(11)13-8-4-5-10(3)6-8/h5,7-8H,4,6H2,1-3H3. The molecule has 1 atom stereocenters. The Morgan fingerprint density at radius 2 is 2.31 bits per heavy atom. The molecule has 4 heteroatoms. The Morgan fingerprint density at radius 3 is 2.77 bits per heavy atom. The highest BCUT2D eigenvalue weighted by atomic mass is 16.7. The van der Waals surface area contributed by atoms with Gasteiger partial charge in [-0.05, 0) is 20.9 Å². The molecule has 0 bridgehead atoms. The van der Waals surface area contributed by atoms with Gasteiger partial charge in [0.1, 0.15) is 6.10 Å². The maximum absolute atomic E-state index is 11.0. The maximum Gasteiger partial charge on any atom is 0.508 e. The molecule has 75 valence electrons. The van der Waals surface area contributed by atoms with Crippen LogP contribution in [0.3, 0.4) is 0 Å². The normalized spacial score (nSPS) is 23.5. The van der Waals surface area contributed by atoms with E-state index in [0.717, 1.165) is 13.0 Å². The van der Waals surface area contributed by atoms with E-state index in [1.165, 1.54) is 0 Å². The van der Waals surface area contributed by atoms with Crippen LogP contribution >= 0.6 is 0 Å². The van der Waals surface area contributed by atoms with Gasteiger partial charge < -0.3 is 9.47 Å². The second kappa shape index (κ2) is 4.46. The summed E-state index contributed by atoms with van der Waals surface area (Å²) in [5.41, 5.74) is 0. The molecule has 0 aromatic heterocycles. The van der Waals surface area contributed by atoms with Gasteiger partial charge in [-0.1, -0.05) is 0 Å². The fourth-order valence-corrected chi connectivity index (χ4v) is 1.21. The van der Waals surface area contributed by atoms with Crippen LogP contribution < -0.4 is 0 Å². The van der Waals surface area contributed by atoms with Crippen LogP contribution in [0.2, 0.25) is 0 Å². The lowest BCUT2D eigenvalue weighted by molar-refractivity contribution is 0.0105. The summed E-state index contributed by atoms with van der Waals surface area (Å²) in [4.78, 5) is 13.0. The first-order chi connectivity index (χ1) is 6.08. The number of likely N-dealkylation sites (tertiary alicyclic amines) is 1. The lowest BCUT2D eigenvalue weighted by atomic mass is 10.3. The monoisotopic (exact) mass is 186 g/mol. The Balaban J connectivity index is 2.21. The van der Waals surface area contributed by atoms with Crippen LogP contribution in [0.4, 0.5) is 4.79 Å². The van der Waals surface area contributed by atoms with Crippen LogP contribution in [0.5, 0.6) is 0 Å². The molecule has 4 nitrogen and oxygen atoms in total. The van der Waals surface area contributed by atoms with Gasteiger partial charge in [0.2, 0.25) is 0 Å². The topological polar surface area (TPSA) is 38.8 Å². The minimum atomic E-state index is -0.566. The van der Waals surface area contributed by atoms with Crippen LogP contribution in [0.15, 0.2) is 0 Å². The molecule has 1 unspecified atom stereocenters. The Labute approximate surface area is 78.8 Å². The molecule has 1 rings (SSSR count). The third-order valence-corrected chi connectivity index (χ3v) is 1.77. The van der Waals surface area contributed by atoms with Crippen molar-refractivity contribution in [3.05, 3.63) is 6.54 Å². The second-order valence-corrected chi connectivity index (χ2v) is 3.51. The van der Waals surface area contributed by atoms with Gasteiger partial charge in [-0.15, -0.1) is 0 Å². The third-order valence-electron chi connectivity index (χ3n) is 1.77. The number of likely N-dealkylation sites (N-methyl/N-ethyl adjacent to an activating group) is 1. The molecule has 0 N–H and O–H groups in total. The molecule has 1 aliphatic heterocycles. The summed E-state index contributed by atoms with van der Waals surface area (Å²) in [6.45, 7) is 6.36. The molecule has 13 heavy (non-hydrogen) atoms. The van der Waals surface area contributed by atoms with Crippen LogP contribution in [-0.4, -0.2) is 36.9 Å². The van der Waals surface area contributed by atoms with E-state index in [1.807, 2.05) is 18.5 Å². The number of rotatable bonds is 2. The lowest BCUT2D eigenvalue weighted by Gasteiger charge is -2.13. The highest BCUT2D eigenvalue weighted by Gasteiger charge is 2.24. The number of carbonyl (C=O) groups excluding carboxylic acids is 1. The zero-order valence-corrected chi connectivity index (χ0v) is 8.32. The quantitative estimate of drug-likeness (QED) is 0.611. The SMILES string of the molecule is CC(C)OC(=O)OC1C[CH]N(C)C1. The summed E-state index contributed by atoms with van der Waals surface area (Å²) in [5, 5.41) is 0. The average Bonchev–Trinajstić information content (AvgIpc) is 2.33. The first kappa shape index (κ1) is 10.3. The van der Waals surface area contributed by atoms with E-state index < -0.39 is 6.16 Å². The zero-order chi connectivity index (χ0) is 9.84. The number of nitrogens with zero attached hydrogens (tertiary/aromatic N) is 1. The first-order valence-corrected chi connectivity index (χ1v) is 4.48. The fraction of sp³-hybridized carbons (Fsp3) is 0.778. The molecule has 0 aliphatic carbocycles. The minimum absolute atomic E-state index is 0.0451. The van der Waals surface area contributed by atoms with Crippen LogP contribution in [-0.2, 0) is 9.47 Å². The number of carbonyl (C=O) groups is 1. The summed E-state index contributed by atoms with van der Waals surface area (Å²) in [6, 6.07) is 0. The summed E-state index contributed by atoms with van der Waals surface area (Å²) in [5.74, 6) is 0. The molecule has 0 saturated carbocycles. The summed E-state index contributed by atoms with van der Waals surface area (Å²) in [7, 11) is 1.96. The van der Waals surface area contributed by atoms with Crippen molar-refractivity contribution in [2.75, 3.05) is 13.6 Å². The zero-order valence-electron chi connectivity index (χ0n) is 8.32. The second-order valence-electron chi connectivity index (χ2n) is 3.51. The van der Waals surface area contributed by atoms with Crippen molar-refractivity contribution in [1.29, 1.82) is 0 Å². The van der Waals surface area contributed by atoms with Gasteiger partial charge in [0.25, 0.3) is 0 Å². The van der Waals surface area contributed by atoms with Crippen molar-refractivity contribution in [2.45, 2.75) is 32.5 Å². The highest BCUT2D eigenvalue weighted by molar-refractivity contribution is 5.60. The van der Waals surface area contributed by atoms with E-state index in [2.05, 4.69) is 0 Å².